The molecule has 0 aromatic heterocycles. The van der Waals surface area contributed by atoms with Crippen LogP contribution in [0.25, 0.3) is 0 Å². The van der Waals surface area contributed by atoms with Crippen molar-refractivity contribution in [3.8, 4) is 0 Å². The number of carbonyl (C=O) groups excluding carboxylic acids is 1. The fraction of sp³-hybridized carbons (Fsp3) is 0.727. The highest BCUT2D eigenvalue weighted by Gasteiger charge is 2.25. The molecule has 3 atom stereocenters. The van der Waals surface area contributed by atoms with Gasteiger partial charge in [-0.05, 0) is 19.8 Å². The van der Waals surface area contributed by atoms with Crippen LogP contribution in [-0.4, -0.2) is 53.0 Å². The Morgan fingerprint density at radius 3 is 2.58 bits per heavy atom. The molecule has 0 aliphatic carbocycles. The summed E-state index contributed by atoms with van der Waals surface area (Å²) in [7, 11) is 0. The summed E-state index contributed by atoms with van der Waals surface area (Å²) in [6.07, 6.45) is 0.666. The molecule has 2 unspecified atom stereocenters. The summed E-state index contributed by atoms with van der Waals surface area (Å²) in [6, 6.07) is -2.20. The van der Waals surface area contributed by atoms with Gasteiger partial charge < -0.3 is 25.6 Å². The standard InChI is InChI=1S/C11H18N2O6/c1-6-4-7(2-3-19-6)12-11(18)13-8(10(16)17)5-9(14)15/h6-8H,2-5H2,1H3,(H,14,15)(H,16,17)(H2,12,13,18)/t6?,7?,8-/m0/s1. The van der Waals surface area contributed by atoms with E-state index in [9.17, 15) is 14.4 Å². The van der Waals surface area contributed by atoms with E-state index < -0.39 is 30.4 Å². The van der Waals surface area contributed by atoms with E-state index in [2.05, 4.69) is 10.6 Å². The second-order valence-corrected chi connectivity index (χ2v) is 4.51. The van der Waals surface area contributed by atoms with Gasteiger partial charge in [0.15, 0.2) is 0 Å². The van der Waals surface area contributed by atoms with Crippen LogP contribution in [0.15, 0.2) is 0 Å². The van der Waals surface area contributed by atoms with Crippen molar-refractivity contribution < 1.29 is 29.3 Å². The normalized spacial score (nSPS) is 24.3. The second-order valence-electron chi connectivity index (χ2n) is 4.51. The number of carboxylic acids is 2. The third kappa shape index (κ3) is 5.56. The first-order valence-electron chi connectivity index (χ1n) is 6.01. The highest BCUT2D eigenvalue weighted by atomic mass is 16.5. The molecule has 108 valence electrons. The number of carbonyl (C=O) groups is 3. The fourth-order valence-electron chi connectivity index (χ4n) is 1.89. The van der Waals surface area contributed by atoms with Crippen molar-refractivity contribution in [1.82, 2.24) is 10.6 Å². The Labute approximate surface area is 110 Å². The van der Waals surface area contributed by atoms with Crippen LogP contribution in [0.3, 0.4) is 0 Å². The van der Waals surface area contributed by atoms with E-state index in [-0.39, 0.29) is 12.1 Å². The van der Waals surface area contributed by atoms with Crippen LogP contribution in [0.5, 0.6) is 0 Å². The summed E-state index contributed by atoms with van der Waals surface area (Å²) in [6.45, 7) is 2.42. The van der Waals surface area contributed by atoms with Crippen LogP contribution in [-0.2, 0) is 14.3 Å². The topological polar surface area (TPSA) is 125 Å². The van der Waals surface area contributed by atoms with Crippen molar-refractivity contribution in [2.75, 3.05) is 6.61 Å². The van der Waals surface area contributed by atoms with Gasteiger partial charge in [0.1, 0.15) is 6.04 Å². The first kappa shape index (κ1) is 15.2. The first-order valence-corrected chi connectivity index (χ1v) is 6.01. The number of amides is 2. The zero-order valence-corrected chi connectivity index (χ0v) is 10.6. The van der Waals surface area contributed by atoms with Gasteiger partial charge in [0.05, 0.1) is 12.5 Å². The number of carboxylic acid groups (broad SMARTS) is 2. The van der Waals surface area contributed by atoms with Gasteiger partial charge in [-0.15, -0.1) is 0 Å². The first-order chi connectivity index (χ1) is 8.88. The lowest BCUT2D eigenvalue weighted by atomic mass is 10.0. The van der Waals surface area contributed by atoms with Gasteiger partial charge in [-0.2, -0.15) is 0 Å². The maximum absolute atomic E-state index is 11.6. The minimum absolute atomic E-state index is 0.0355. The molecule has 1 fully saturated rings. The van der Waals surface area contributed by atoms with Crippen LogP contribution in [0.4, 0.5) is 4.79 Å². The van der Waals surface area contributed by atoms with Gasteiger partial charge in [0.25, 0.3) is 0 Å². The minimum atomic E-state index is -1.44. The number of nitrogens with one attached hydrogen (secondary N) is 2. The van der Waals surface area contributed by atoms with Gasteiger partial charge in [-0.3, -0.25) is 4.79 Å². The number of ether oxygens (including phenoxy) is 1. The molecule has 1 saturated heterocycles. The number of urea groups is 1. The zero-order chi connectivity index (χ0) is 14.4. The Hall–Kier alpha value is -1.83. The molecule has 0 bridgehead atoms. The Kier molecular flexibility index (Phi) is 5.56. The lowest BCUT2D eigenvalue weighted by molar-refractivity contribution is -0.145. The third-order valence-electron chi connectivity index (χ3n) is 2.80. The number of aliphatic carboxylic acids is 2. The van der Waals surface area contributed by atoms with E-state index in [0.717, 1.165) is 0 Å². The molecule has 1 heterocycles. The third-order valence-corrected chi connectivity index (χ3v) is 2.80. The van der Waals surface area contributed by atoms with E-state index in [0.29, 0.717) is 19.4 Å². The average Bonchev–Trinajstić information content (AvgIpc) is 2.27. The second kappa shape index (κ2) is 6.93. The summed E-state index contributed by atoms with van der Waals surface area (Å²) in [5, 5.41) is 22.1. The van der Waals surface area contributed by atoms with Gasteiger partial charge in [0, 0.05) is 12.6 Å². The molecule has 0 radical (unpaired) electrons. The van der Waals surface area contributed by atoms with Crippen LogP contribution in [0.2, 0.25) is 0 Å². The predicted molar refractivity (Wildman–Crippen MR) is 63.8 cm³/mol. The summed E-state index contributed by atoms with van der Waals surface area (Å²) >= 11 is 0. The maximum Gasteiger partial charge on any atom is 0.326 e. The summed E-state index contributed by atoms with van der Waals surface area (Å²) in [5.74, 6) is -2.66. The lowest BCUT2D eigenvalue weighted by Crippen LogP contribution is -2.51. The molecule has 1 aliphatic heterocycles. The maximum atomic E-state index is 11.6. The molecule has 4 N–H and O–H groups in total. The largest absolute Gasteiger partial charge is 0.481 e. The molecule has 1 rings (SSSR count). The summed E-state index contributed by atoms with van der Waals surface area (Å²) < 4.78 is 5.32. The molecule has 19 heavy (non-hydrogen) atoms. The van der Waals surface area contributed by atoms with Gasteiger partial charge >= 0.3 is 18.0 Å². The fourth-order valence-corrected chi connectivity index (χ4v) is 1.89. The van der Waals surface area contributed by atoms with Gasteiger partial charge in [0.2, 0.25) is 0 Å². The monoisotopic (exact) mass is 274 g/mol. The molecule has 0 spiro atoms. The summed E-state index contributed by atoms with van der Waals surface area (Å²) in [5.41, 5.74) is 0. The van der Waals surface area contributed by atoms with Crippen LogP contribution in [0, 0.1) is 0 Å². The number of hydrogen-bond donors (Lipinski definition) is 4. The molecular formula is C11H18N2O6. The molecule has 8 heteroatoms. The average molecular weight is 274 g/mol. The predicted octanol–water partition coefficient (Wildman–Crippen LogP) is -0.219. The number of rotatable bonds is 5. The molecular weight excluding hydrogens is 256 g/mol. The quantitative estimate of drug-likeness (QED) is 0.549. The van der Waals surface area contributed by atoms with Crippen molar-refractivity contribution in [3.63, 3.8) is 0 Å². The highest BCUT2D eigenvalue weighted by molar-refractivity contribution is 5.86. The molecule has 2 amide bonds. The summed E-state index contributed by atoms with van der Waals surface area (Å²) in [4.78, 5) is 32.9. The zero-order valence-electron chi connectivity index (χ0n) is 10.6. The Balaban J connectivity index is 2.43. The molecule has 0 aromatic rings. The Morgan fingerprint density at radius 2 is 2.05 bits per heavy atom. The van der Waals surface area contributed by atoms with Crippen LogP contribution in [0.1, 0.15) is 26.2 Å². The van der Waals surface area contributed by atoms with Crippen molar-refractivity contribution >= 4 is 18.0 Å². The van der Waals surface area contributed by atoms with Crippen LogP contribution >= 0.6 is 0 Å². The smallest absolute Gasteiger partial charge is 0.326 e. The molecule has 0 aromatic carbocycles. The molecule has 1 aliphatic rings. The Bertz CT molecular complexity index is 359. The van der Waals surface area contributed by atoms with Gasteiger partial charge in [-0.1, -0.05) is 0 Å². The van der Waals surface area contributed by atoms with Crippen molar-refractivity contribution in [2.45, 2.75) is 44.4 Å². The highest BCUT2D eigenvalue weighted by Crippen LogP contribution is 2.12. The molecule has 0 saturated carbocycles. The van der Waals surface area contributed by atoms with E-state index in [1.54, 1.807) is 0 Å². The minimum Gasteiger partial charge on any atom is -0.481 e. The van der Waals surface area contributed by atoms with Crippen molar-refractivity contribution in [1.29, 1.82) is 0 Å². The van der Waals surface area contributed by atoms with Crippen LogP contribution < -0.4 is 10.6 Å². The van der Waals surface area contributed by atoms with Gasteiger partial charge in [-0.25, -0.2) is 9.59 Å². The van der Waals surface area contributed by atoms with Crippen molar-refractivity contribution in [3.05, 3.63) is 0 Å². The van der Waals surface area contributed by atoms with E-state index in [1.807, 2.05) is 6.92 Å². The van der Waals surface area contributed by atoms with E-state index in [1.165, 1.54) is 0 Å². The molecule has 8 nitrogen and oxygen atoms in total. The number of hydrogen-bond acceptors (Lipinski definition) is 4. The van der Waals surface area contributed by atoms with E-state index >= 15 is 0 Å². The van der Waals surface area contributed by atoms with Crippen molar-refractivity contribution in [2.24, 2.45) is 0 Å². The lowest BCUT2D eigenvalue weighted by Gasteiger charge is -2.28. The van der Waals surface area contributed by atoms with E-state index in [4.69, 9.17) is 14.9 Å². The Morgan fingerprint density at radius 1 is 1.37 bits per heavy atom. The SMILES string of the molecule is CC1CC(NC(=O)N[C@@H](CC(=O)O)C(=O)O)CCO1.